The van der Waals surface area contributed by atoms with Gasteiger partial charge in [-0.1, -0.05) is 6.08 Å². The van der Waals surface area contributed by atoms with Crippen molar-refractivity contribution in [3.8, 4) is 0 Å². The smallest absolute Gasteiger partial charge is 0.410 e. The molecule has 2 rings (SSSR count). The quantitative estimate of drug-likeness (QED) is 0.836. The lowest BCUT2D eigenvalue weighted by atomic mass is 10.1. The second-order valence-electron chi connectivity index (χ2n) is 6.33. The molecule has 7 nitrogen and oxygen atoms in total. The molecule has 23 heavy (non-hydrogen) atoms. The van der Waals surface area contributed by atoms with E-state index in [-0.39, 0.29) is 6.09 Å². The molecule has 7 heteroatoms. The zero-order chi connectivity index (χ0) is 17.0. The second kappa shape index (κ2) is 6.76. The molecule has 0 fully saturated rings. The normalized spacial score (nSPS) is 15.0. The predicted octanol–water partition coefficient (Wildman–Crippen LogP) is 2.74. The minimum absolute atomic E-state index is 0.329. The molecule has 0 saturated heterocycles. The van der Waals surface area contributed by atoms with Crippen molar-refractivity contribution < 1.29 is 9.53 Å². The number of ether oxygens (including phenoxy) is 1. The van der Waals surface area contributed by atoms with E-state index < -0.39 is 5.60 Å². The van der Waals surface area contributed by atoms with Gasteiger partial charge in [-0.3, -0.25) is 0 Å². The molecule has 2 heterocycles. The van der Waals surface area contributed by atoms with E-state index in [1.165, 1.54) is 6.21 Å². The van der Waals surface area contributed by atoms with Crippen molar-refractivity contribution in [1.29, 1.82) is 5.41 Å². The van der Waals surface area contributed by atoms with Gasteiger partial charge in [-0.05, 0) is 39.7 Å². The van der Waals surface area contributed by atoms with Gasteiger partial charge in [-0.2, -0.15) is 0 Å². The zero-order valence-electron chi connectivity index (χ0n) is 14.0. The highest BCUT2D eigenvalue weighted by Crippen LogP contribution is 2.20. The second-order valence-corrected chi connectivity index (χ2v) is 6.33. The molecule has 1 aromatic rings. The summed E-state index contributed by atoms with van der Waals surface area (Å²) >= 11 is 0. The standard InChI is InChI=1S/C16H23N5O2/c1-5-12(8-17)19-14-18-9-11-6-7-21(10-13(11)20-14)15(22)23-16(2,3)4/h5,8-9,17H,6-7,10H2,1-4H3,(H,18,19,20)/b12-5+,17-8?. The van der Waals surface area contributed by atoms with Crippen LogP contribution < -0.4 is 5.32 Å². The summed E-state index contributed by atoms with van der Waals surface area (Å²) in [6.07, 6.45) is 5.12. The van der Waals surface area contributed by atoms with E-state index in [4.69, 9.17) is 10.1 Å². The van der Waals surface area contributed by atoms with Crippen molar-refractivity contribution >= 4 is 18.3 Å². The predicted molar refractivity (Wildman–Crippen MR) is 88.5 cm³/mol. The van der Waals surface area contributed by atoms with Crippen LogP contribution in [0.15, 0.2) is 18.0 Å². The van der Waals surface area contributed by atoms with Gasteiger partial charge in [0.2, 0.25) is 5.95 Å². The number of fused-ring (bicyclic) bond motifs is 1. The summed E-state index contributed by atoms with van der Waals surface area (Å²) in [5.41, 5.74) is 1.94. The fourth-order valence-corrected chi connectivity index (χ4v) is 2.17. The van der Waals surface area contributed by atoms with E-state index in [1.54, 1.807) is 17.2 Å². The van der Waals surface area contributed by atoms with Crippen LogP contribution in [0.3, 0.4) is 0 Å². The zero-order valence-corrected chi connectivity index (χ0v) is 14.0. The Morgan fingerprint density at radius 2 is 2.22 bits per heavy atom. The molecule has 2 N–H and O–H groups in total. The molecule has 0 aliphatic carbocycles. The number of nitrogens with one attached hydrogen (secondary N) is 2. The molecule has 0 spiro atoms. The maximum Gasteiger partial charge on any atom is 0.410 e. The summed E-state index contributed by atoms with van der Waals surface area (Å²) in [6, 6.07) is 0. The van der Waals surface area contributed by atoms with Crippen molar-refractivity contribution in [3.63, 3.8) is 0 Å². The lowest BCUT2D eigenvalue weighted by molar-refractivity contribution is 0.0220. The molecule has 0 bridgehead atoms. The molecule has 0 saturated carbocycles. The third-order valence-corrected chi connectivity index (χ3v) is 3.32. The fraction of sp³-hybridized carbons (Fsp3) is 0.500. The highest BCUT2D eigenvalue weighted by Gasteiger charge is 2.26. The van der Waals surface area contributed by atoms with Gasteiger partial charge >= 0.3 is 6.09 Å². The summed E-state index contributed by atoms with van der Waals surface area (Å²) in [7, 11) is 0. The van der Waals surface area contributed by atoms with E-state index in [1.807, 2.05) is 27.7 Å². The largest absolute Gasteiger partial charge is 0.444 e. The number of amides is 1. The maximum atomic E-state index is 12.2. The van der Waals surface area contributed by atoms with Crippen molar-refractivity contribution in [1.82, 2.24) is 14.9 Å². The van der Waals surface area contributed by atoms with Crippen molar-refractivity contribution in [3.05, 3.63) is 29.2 Å². The van der Waals surface area contributed by atoms with Gasteiger partial charge in [0.15, 0.2) is 0 Å². The first-order valence-electron chi connectivity index (χ1n) is 7.59. The number of carbonyl (C=O) groups excluding carboxylic acids is 1. The van der Waals surface area contributed by atoms with E-state index in [9.17, 15) is 4.79 Å². The number of carbonyl (C=O) groups is 1. The Hall–Kier alpha value is -2.44. The number of hydrogen-bond donors (Lipinski definition) is 2. The van der Waals surface area contributed by atoms with Gasteiger partial charge in [-0.15, -0.1) is 0 Å². The topological polar surface area (TPSA) is 91.2 Å². The summed E-state index contributed by atoms with van der Waals surface area (Å²) in [4.78, 5) is 22.6. The van der Waals surface area contributed by atoms with Crippen LogP contribution in [0, 0.1) is 5.41 Å². The summed E-state index contributed by atoms with van der Waals surface area (Å²) in [6.45, 7) is 8.38. The third-order valence-electron chi connectivity index (χ3n) is 3.32. The van der Waals surface area contributed by atoms with Crippen LogP contribution >= 0.6 is 0 Å². The molecule has 0 aromatic carbocycles. The van der Waals surface area contributed by atoms with Gasteiger partial charge < -0.3 is 20.4 Å². The number of anilines is 1. The molecule has 124 valence electrons. The third kappa shape index (κ3) is 4.51. The van der Waals surface area contributed by atoms with Gasteiger partial charge in [0.1, 0.15) is 5.60 Å². The number of aromatic nitrogens is 2. The first-order valence-corrected chi connectivity index (χ1v) is 7.59. The summed E-state index contributed by atoms with van der Waals surface area (Å²) < 4.78 is 5.41. The molecule has 1 aliphatic heterocycles. The van der Waals surface area contributed by atoms with Crippen LogP contribution in [0.25, 0.3) is 0 Å². The SMILES string of the molecule is C/C=C(\C=N)Nc1ncc2c(n1)CN(C(=O)OC(C)(C)C)CC2. The van der Waals surface area contributed by atoms with Crippen LogP contribution in [0.4, 0.5) is 10.7 Å². The molecule has 1 aromatic heterocycles. The van der Waals surface area contributed by atoms with Crippen LogP contribution in [-0.2, 0) is 17.7 Å². The summed E-state index contributed by atoms with van der Waals surface area (Å²) in [5, 5.41) is 10.3. The van der Waals surface area contributed by atoms with Crippen molar-refractivity contribution in [2.45, 2.75) is 46.3 Å². The number of rotatable bonds is 3. The molecular weight excluding hydrogens is 294 g/mol. The van der Waals surface area contributed by atoms with Crippen LogP contribution in [0.2, 0.25) is 0 Å². The lowest BCUT2D eigenvalue weighted by Crippen LogP contribution is -2.40. The van der Waals surface area contributed by atoms with Gasteiger partial charge in [-0.25, -0.2) is 14.8 Å². The molecule has 1 aliphatic rings. The molecule has 1 amide bonds. The Bertz CT molecular complexity index is 634. The van der Waals surface area contributed by atoms with Crippen molar-refractivity contribution in [2.24, 2.45) is 0 Å². The average molecular weight is 317 g/mol. The van der Waals surface area contributed by atoms with Crippen LogP contribution in [-0.4, -0.2) is 39.3 Å². The molecule has 0 radical (unpaired) electrons. The highest BCUT2D eigenvalue weighted by molar-refractivity contribution is 5.79. The number of allylic oxidation sites excluding steroid dienone is 2. The first-order chi connectivity index (χ1) is 10.8. The van der Waals surface area contributed by atoms with E-state index in [2.05, 4.69) is 15.3 Å². The molecule has 0 atom stereocenters. The Labute approximate surface area is 136 Å². The van der Waals surface area contributed by atoms with E-state index >= 15 is 0 Å². The van der Waals surface area contributed by atoms with Gasteiger partial charge in [0.25, 0.3) is 0 Å². The van der Waals surface area contributed by atoms with Gasteiger partial charge in [0, 0.05) is 19.0 Å². The van der Waals surface area contributed by atoms with E-state index in [0.29, 0.717) is 31.2 Å². The highest BCUT2D eigenvalue weighted by atomic mass is 16.6. The average Bonchev–Trinajstić information content (AvgIpc) is 2.50. The fourth-order valence-electron chi connectivity index (χ4n) is 2.17. The van der Waals surface area contributed by atoms with E-state index in [0.717, 1.165) is 11.3 Å². The maximum absolute atomic E-state index is 12.2. The Balaban J connectivity index is 2.13. The number of nitrogens with zero attached hydrogens (tertiary/aromatic N) is 3. The van der Waals surface area contributed by atoms with Crippen LogP contribution in [0.5, 0.6) is 0 Å². The molecular formula is C16H23N5O2. The minimum Gasteiger partial charge on any atom is -0.444 e. The molecule has 0 unspecified atom stereocenters. The lowest BCUT2D eigenvalue weighted by Gasteiger charge is -2.30. The number of hydrogen-bond acceptors (Lipinski definition) is 6. The Kier molecular flexibility index (Phi) is 4.98. The Morgan fingerprint density at radius 3 is 2.83 bits per heavy atom. The minimum atomic E-state index is -0.513. The van der Waals surface area contributed by atoms with Crippen LogP contribution in [0.1, 0.15) is 39.0 Å². The van der Waals surface area contributed by atoms with Gasteiger partial charge in [0.05, 0.1) is 17.9 Å². The monoisotopic (exact) mass is 317 g/mol. The van der Waals surface area contributed by atoms with Crippen molar-refractivity contribution in [2.75, 3.05) is 11.9 Å². The summed E-state index contributed by atoms with van der Waals surface area (Å²) in [5.74, 6) is 0.423. The Morgan fingerprint density at radius 1 is 1.48 bits per heavy atom. The first kappa shape index (κ1) is 16.9.